The molecule has 0 radical (unpaired) electrons. The number of hydrogen-bond donors (Lipinski definition) is 3. The SMILES string of the molecule is CC1OCCC1N(C)C(=O)N[C@@H](CC(N)=O)C(=O)O. The number of likely N-dealkylation sites (N-methyl/N-ethyl adjacent to an activating group) is 1. The third-order valence-electron chi connectivity index (χ3n) is 3.16. The molecule has 0 aromatic carbocycles. The third-order valence-corrected chi connectivity index (χ3v) is 3.16. The van der Waals surface area contributed by atoms with Crippen molar-refractivity contribution in [1.82, 2.24) is 10.2 Å². The fourth-order valence-corrected chi connectivity index (χ4v) is 2.03. The zero-order valence-electron chi connectivity index (χ0n) is 11.0. The summed E-state index contributed by atoms with van der Waals surface area (Å²) in [6.07, 6.45) is 0.153. The van der Waals surface area contributed by atoms with Crippen LogP contribution < -0.4 is 11.1 Å². The zero-order valence-corrected chi connectivity index (χ0v) is 11.0. The number of amides is 3. The number of primary amides is 1. The van der Waals surface area contributed by atoms with Crippen molar-refractivity contribution in [3.8, 4) is 0 Å². The molecule has 0 aliphatic carbocycles. The molecule has 0 bridgehead atoms. The minimum absolute atomic E-state index is 0.102. The zero-order chi connectivity index (χ0) is 14.6. The highest BCUT2D eigenvalue weighted by molar-refractivity contribution is 5.87. The molecule has 8 nitrogen and oxygen atoms in total. The first kappa shape index (κ1) is 15.2. The summed E-state index contributed by atoms with van der Waals surface area (Å²) in [6, 6.07) is -1.98. The van der Waals surface area contributed by atoms with E-state index in [1.165, 1.54) is 4.90 Å². The number of carboxylic acids is 1. The Hall–Kier alpha value is -1.83. The van der Waals surface area contributed by atoms with E-state index in [2.05, 4.69) is 5.32 Å². The molecular weight excluding hydrogens is 254 g/mol. The number of carbonyl (C=O) groups is 3. The molecular formula is C11H19N3O5. The number of carbonyl (C=O) groups excluding carboxylic acids is 2. The molecule has 0 aromatic rings. The molecule has 3 amide bonds. The van der Waals surface area contributed by atoms with Gasteiger partial charge in [0, 0.05) is 13.7 Å². The molecule has 1 fully saturated rings. The molecule has 1 aliphatic heterocycles. The molecule has 3 atom stereocenters. The average molecular weight is 273 g/mol. The largest absolute Gasteiger partial charge is 0.480 e. The molecule has 0 saturated carbocycles. The second kappa shape index (κ2) is 6.37. The Morgan fingerprint density at radius 3 is 2.58 bits per heavy atom. The van der Waals surface area contributed by atoms with Gasteiger partial charge in [0.15, 0.2) is 0 Å². The van der Waals surface area contributed by atoms with Gasteiger partial charge in [0.2, 0.25) is 5.91 Å². The van der Waals surface area contributed by atoms with Crippen molar-refractivity contribution in [3.05, 3.63) is 0 Å². The molecule has 8 heteroatoms. The molecule has 1 saturated heterocycles. The maximum atomic E-state index is 11.9. The van der Waals surface area contributed by atoms with E-state index >= 15 is 0 Å². The molecule has 4 N–H and O–H groups in total. The highest BCUT2D eigenvalue weighted by Gasteiger charge is 2.32. The van der Waals surface area contributed by atoms with E-state index in [4.69, 9.17) is 15.6 Å². The molecule has 1 aliphatic rings. The van der Waals surface area contributed by atoms with E-state index in [-0.39, 0.29) is 12.1 Å². The van der Waals surface area contributed by atoms with Crippen molar-refractivity contribution < 1.29 is 24.2 Å². The fraction of sp³-hybridized carbons (Fsp3) is 0.727. The van der Waals surface area contributed by atoms with Gasteiger partial charge in [-0.3, -0.25) is 4.79 Å². The van der Waals surface area contributed by atoms with Gasteiger partial charge in [-0.25, -0.2) is 9.59 Å². The third kappa shape index (κ3) is 4.09. The number of rotatable bonds is 5. The van der Waals surface area contributed by atoms with Gasteiger partial charge in [-0.2, -0.15) is 0 Å². The second-order valence-electron chi connectivity index (χ2n) is 4.55. The van der Waals surface area contributed by atoms with Crippen LogP contribution in [0.1, 0.15) is 19.8 Å². The predicted octanol–water partition coefficient (Wildman–Crippen LogP) is -0.866. The Morgan fingerprint density at radius 2 is 2.16 bits per heavy atom. The summed E-state index contributed by atoms with van der Waals surface area (Å²) in [5.74, 6) is -2.08. The van der Waals surface area contributed by atoms with Crippen LogP contribution in [0.5, 0.6) is 0 Å². The van der Waals surface area contributed by atoms with Gasteiger partial charge in [-0.1, -0.05) is 0 Å². The number of carboxylic acid groups (broad SMARTS) is 1. The Balaban J connectivity index is 2.60. The Labute approximate surface area is 110 Å². The van der Waals surface area contributed by atoms with Crippen LogP contribution in [0, 0.1) is 0 Å². The van der Waals surface area contributed by atoms with Crippen LogP contribution in [-0.2, 0) is 14.3 Å². The number of urea groups is 1. The Bertz CT molecular complexity index is 373. The summed E-state index contributed by atoms with van der Waals surface area (Å²) in [5.41, 5.74) is 4.94. The topological polar surface area (TPSA) is 122 Å². The van der Waals surface area contributed by atoms with E-state index in [1.54, 1.807) is 7.05 Å². The number of nitrogens with one attached hydrogen (secondary N) is 1. The summed E-state index contributed by atoms with van der Waals surface area (Å²) < 4.78 is 5.34. The van der Waals surface area contributed by atoms with Gasteiger partial charge in [-0.05, 0) is 13.3 Å². The van der Waals surface area contributed by atoms with Crippen LogP contribution in [0.3, 0.4) is 0 Å². The van der Waals surface area contributed by atoms with Crippen molar-refractivity contribution in [2.45, 2.75) is 38.0 Å². The summed E-state index contributed by atoms with van der Waals surface area (Å²) in [6.45, 7) is 2.41. The first-order chi connectivity index (χ1) is 8.82. The van der Waals surface area contributed by atoms with E-state index in [9.17, 15) is 14.4 Å². The Morgan fingerprint density at radius 1 is 1.53 bits per heavy atom. The van der Waals surface area contributed by atoms with E-state index in [0.717, 1.165) is 0 Å². The van der Waals surface area contributed by atoms with Gasteiger partial charge < -0.3 is 25.8 Å². The van der Waals surface area contributed by atoms with Gasteiger partial charge in [-0.15, -0.1) is 0 Å². The molecule has 108 valence electrons. The van der Waals surface area contributed by atoms with Crippen molar-refractivity contribution in [2.24, 2.45) is 5.73 Å². The van der Waals surface area contributed by atoms with Crippen LogP contribution >= 0.6 is 0 Å². The normalized spacial score (nSPS) is 23.7. The summed E-state index contributed by atoms with van der Waals surface area (Å²) >= 11 is 0. The van der Waals surface area contributed by atoms with Crippen molar-refractivity contribution in [1.29, 1.82) is 0 Å². The molecule has 1 rings (SSSR count). The number of nitrogens with two attached hydrogens (primary N) is 1. The van der Waals surface area contributed by atoms with E-state index in [0.29, 0.717) is 13.0 Å². The van der Waals surface area contributed by atoms with Crippen molar-refractivity contribution in [3.63, 3.8) is 0 Å². The highest BCUT2D eigenvalue weighted by atomic mass is 16.5. The van der Waals surface area contributed by atoms with E-state index in [1.807, 2.05) is 6.92 Å². The van der Waals surface area contributed by atoms with Crippen LogP contribution in [0.4, 0.5) is 4.79 Å². The van der Waals surface area contributed by atoms with E-state index < -0.39 is 30.4 Å². The van der Waals surface area contributed by atoms with Gasteiger partial charge in [0.25, 0.3) is 0 Å². The second-order valence-corrected chi connectivity index (χ2v) is 4.55. The van der Waals surface area contributed by atoms with Crippen LogP contribution in [0.15, 0.2) is 0 Å². The molecule has 0 spiro atoms. The van der Waals surface area contributed by atoms with Crippen LogP contribution in [0.2, 0.25) is 0 Å². The number of hydrogen-bond acceptors (Lipinski definition) is 4. The van der Waals surface area contributed by atoms with Crippen molar-refractivity contribution >= 4 is 17.9 Å². The van der Waals surface area contributed by atoms with Crippen LogP contribution in [0.25, 0.3) is 0 Å². The highest BCUT2D eigenvalue weighted by Crippen LogP contribution is 2.18. The standard InChI is InChI=1S/C11H19N3O5/c1-6-8(3-4-19-6)14(2)11(18)13-7(10(16)17)5-9(12)15/h6-8H,3-5H2,1-2H3,(H2,12,15)(H,13,18)(H,16,17)/t6?,7-,8?/m0/s1. The first-order valence-electron chi connectivity index (χ1n) is 5.99. The lowest BCUT2D eigenvalue weighted by molar-refractivity contribution is -0.141. The summed E-state index contributed by atoms with van der Waals surface area (Å²) in [4.78, 5) is 35.0. The minimum atomic E-state index is -1.31. The minimum Gasteiger partial charge on any atom is -0.480 e. The molecule has 1 heterocycles. The average Bonchev–Trinajstić information content (AvgIpc) is 2.72. The number of ether oxygens (including phenoxy) is 1. The van der Waals surface area contributed by atoms with Gasteiger partial charge in [0.1, 0.15) is 6.04 Å². The van der Waals surface area contributed by atoms with Crippen LogP contribution in [-0.4, -0.2) is 59.8 Å². The molecule has 2 unspecified atom stereocenters. The monoisotopic (exact) mass is 273 g/mol. The van der Waals surface area contributed by atoms with Crippen molar-refractivity contribution in [2.75, 3.05) is 13.7 Å². The van der Waals surface area contributed by atoms with Gasteiger partial charge in [0.05, 0.1) is 18.6 Å². The summed E-state index contributed by atoms with van der Waals surface area (Å²) in [7, 11) is 1.56. The Kier molecular flexibility index (Phi) is 5.11. The van der Waals surface area contributed by atoms with Gasteiger partial charge >= 0.3 is 12.0 Å². The lowest BCUT2D eigenvalue weighted by Crippen LogP contribution is -2.52. The quantitative estimate of drug-likeness (QED) is 0.601. The lowest BCUT2D eigenvalue weighted by atomic mass is 10.1. The maximum absolute atomic E-state index is 11.9. The number of aliphatic carboxylic acids is 1. The summed E-state index contributed by atoms with van der Waals surface area (Å²) in [5, 5.41) is 11.2. The smallest absolute Gasteiger partial charge is 0.326 e. The number of nitrogens with zero attached hydrogens (tertiary/aromatic N) is 1. The fourth-order valence-electron chi connectivity index (χ4n) is 2.03. The molecule has 0 aromatic heterocycles. The molecule has 19 heavy (non-hydrogen) atoms. The first-order valence-corrected chi connectivity index (χ1v) is 5.99. The maximum Gasteiger partial charge on any atom is 0.326 e. The predicted molar refractivity (Wildman–Crippen MR) is 65.3 cm³/mol. The lowest BCUT2D eigenvalue weighted by Gasteiger charge is -2.28.